The van der Waals surface area contributed by atoms with Crippen LogP contribution in [0.1, 0.15) is 51.5 Å². The molecule has 2 aliphatic heterocycles. The van der Waals surface area contributed by atoms with E-state index >= 15 is 0 Å². The maximum Gasteiger partial charge on any atom is 0.226 e. The van der Waals surface area contributed by atoms with Gasteiger partial charge >= 0.3 is 0 Å². The van der Waals surface area contributed by atoms with Gasteiger partial charge in [0.1, 0.15) is 0 Å². The summed E-state index contributed by atoms with van der Waals surface area (Å²) in [6.07, 6.45) is 7.97. The summed E-state index contributed by atoms with van der Waals surface area (Å²) >= 11 is 0. The van der Waals surface area contributed by atoms with Crippen LogP contribution in [0.15, 0.2) is 24.5 Å². The van der Waals surface area contributed by atoms with Gasteiger partial charge in [0.05, 0.1) is 13.0 Å². The standard InChI is InChI=1S/C24H38N4O3/c1-3-26(19-20-5-12-25-13-6-20)24(30)21-7-14-27(15-8-21)22-9-16-28(17-10-22)23(29)11-18-31-4-2/h5-6,12-13,21-22H,3-4,7-11,14-19H2,1-2H3. The summed E-state index contributed by atoms with van der Waals surface area (Å²) in [5.41, 5.74) is 1.13. The van der Waals surface area contributed by atoms with E-state index in [0.29, 0.717) is 32.2 Å². The van der Waals surface area contributed by atoms with E-state index in [2.05, 4.69) is 16.8 Å². The number of hydrogen-bond donors (Lipinski definition) is 0. The van der Waals surface area contributed by atoms with Crippen LogP contribution in [0, 0.1) is 5.92 Å². The van der Waals surface area contributed by atoms with Gasteiger partial charge in [-0.25, -0.2) is 0 Å². The SMILES string of the molecule is CCOCCC(=O)N1CCC(N2CCC(C(=O)N(CC)Cc3ccncc3)CC2)CC1. The van der Waals surface area contributed by atoms with Crippen LogP contribution in [0.25, 0.3) is 0 Å². The lowest BCUT2D eigenvalue weighted by Gasteiger charge is -2.42. The van der Waals surface area contributed by atoms with Gasteiger partial charge in [0, 0.05) is 57.1 Å². The minimum absolute atomic E-state index is 0.123. The van der Waals surface area contributed by atoms with Crippen LogP contribution in [-0.4, -0.2) is 83.5 Å². The number of hydrogen-bond acceptors (Lipinski definition) is 5. The molecule has 2 saturated heterocycles. The molecule has 0 aromatic carbocycles. The Morgan fingerprint density at radius 3 is 2.35 bits per heavy atom. The molecule has 2 fully saturated rings. The minimum atomic E-state index is 0.123. The first-order valence-corrected chi connectivity index (χ1v) is 11.9. The fourth-order valence-electron chi connectivity index (χ4n) is 4.77. The van der Waals surface area contributed by atoms with Gasteiger partial charge in [-0.2, -0.15) is 0 Å². The van der Waals surface area contributed by atoms with Crippen molar-refractivity contribution < 1.29 is 14.3 Å². The Labute approximate surface area is 186 Å². The maximum atomic E-state index is 13.1. The van der Waals surface area contributed by atoms with Crippen LogP contribution < -0.4 is 0 Å². The fourth-order valence-corrected chi connectivity index (χ4v) is 4.77. The molecule has 31 heavy (non-hydrogen) atoms. The lowest BCUT2D eigenvalue weighted by atomic mass is 9.92. The monoisotopic (exact) mass is 430 g/mol. The molecule has 2 aliphatic rings. The minimum Gasteiger partial charge on any atom is -0.381 e. The van der Waals surface area contributed by atoms with E-state index in [0.717, 1.165) is 64.0 Å². The number of pyridine rings is 1. The predicted molar refractivity (Wildman–Crippen MR) is 120 cm³/mol. The lowest BCUT2D eigenvalue weighted by Crippen LogP contribution is -2.50. The van der Waals surface area contributed by atoms with Gasteiger partial charge < -0.3 is 19.4 Å². The van der Waals surface area contributed by atoms with Crippen LogP contribution in [0.5, 0.6) is 0 Å². The van der Waals surface area contributed by atoms with Crippen LogP contribution in [0.3, 0.4) is 0 Å². The molecule has 1 aromatic heterocycles. The van der Waals surface area contributed by atoms with Gasteiger partial charge in [0.15, 0.2) is 0 Å². The second-order valence-electron chi connectivity index (χ2n) is 8.58. The Bertz CT molecular complexity index is 683. The van der Waals surface area contributed by atoms with Crippen molar-refractivity contribution >= 4 is 11.8 Å². The van der Waals surface area contributed by atoms with E-state index < -0.39 is 0 Å². The third-order valence-electron chi connectivity index (χ3n) is 6.69. The number of likely N-dealkylation sites (tertiary alicyclic amines) is 2. The Balaban J connectivity index is 1.41. The number of aromatic nitrogens is 1. The Morgan fingerprint density at radius 2 is 1.74 bits per heavy atom. The lowest BCUT2D eigenvalue weighted by molar-refractivity contribution is -0.138. The van der Waals surface area contributed by atoms with Crippen molar-refractivity contribution in [2.75, 3.05) is 45.9 Å². The molecule has 7 nitrogen and oxygen atoms in total. The van der Waals surface area contributed by atoms with Gasteiger partial charge in [0.25, 0.3) is 0 Å². The largest absolute Gasteiger partial charge is 0.381 e. The number of carbonyl (C=O) groups is 2. The van der Waals surface area contributed by atoms with Crippen molar-refractivity contribution in [2.24, 2.45) is 5.92 Å². The zero-order valence-electron chi connectivity index (χ0n) is 19.2. The molecule has 0 atom stereocenters. The first-order chi connectivity index (χ1) is 15.1. The Hall–Kier alpha value is -1.99. The zero-order chi connectivity index (χ0) is 22.1. The third-order valence-corrected chi connectivity index (χ3v) is 6.69. The van der Waals surface area contributed by atoms with Crippen LogP contribution in [0.2, 0.25) is 0 Å². The number of carbonyl (C=O) groups excluding carboxylic acids is 2. The van der Waals surface area contributed by atoms with E-state index in [1.807, 2.05) is 28.9 Å². The highest BCUT2D eigenvalue weighted by molar-refractivity contribution is 5.79. The van der Waals surface area contributed by atoms with E-state index in [4.69, 9.17) is 4.74 Å². The number of rotatable bonds is 9. The van der Waals surface area contributed by atoms with Gasteiger partial charge in [-0.05, 0) is 70.3 Å². The summed E-state index contributed by atoms with van der Waals surface area (Å²) in [4.78, 5) is 35.9. The first-order valence-electron chi connectivity index (χ1n) is 11.9. The molecule has 3 rings (SSSR count). The average molecular weight is 431 g/mol. The van der Waals surface area contributed by atoms with Crippen LogP contribution in [0.4, 0.5) is 0 Å². The topological polar surface area (TPSA) is 66.0 Å². The van der Waals surface area contributed by atoms with Crippen molar-refractivity contribution in [3.05, 3.63) is 30.1 Å². The molecule has 0 saturated carbocycles. The molecule has 3 heterocycles. The number of ether oxygens (including phenoxy) is 1. The molecule has 0 bridgehead atoms. The summed E-state index contributed by atoms with van der Waals surface area (Å²) in [5.74, 6) is 0.622. The summed E-state index contributed by atoms with van der Waals surface area (Å²) in [7, 11) is 0. The first kappa shape index (κ1) is 23.7. The molecule has 0 N–H and O–H groups in total. The van der Waals surface area contributed by atoms with Gasteiger partial charge in [-0.15, -0.1) is 0 Å². The molecule has 2 amide bonds. The molecule has 1 aromatic rings. The summed E-state index contributed by atoms with van der Waals surface area (Å²) in [6.45, 7) is 10.2. The molecule has 172 valence electrons. The second-order valence-corrected chi connectivity index (χ2v) is 8.58. The Morgan fingerprint density at radius 1 is 1.06 bits per heavy atom. The van der Waals surface area contributed by atoms with Crippen LogP contribution >= 0.6 is 0 Å². The molecule has 0 radical (unpaired) electrons. The molecule has 7 heteroatoms. The normalized spacial score (nSPS) is 18.8. The van der Waals surface area contributed by atoms with E-state index in [1.54, 1.807) is 12.4 Å². The smallest absolute Gasteiger partial charge is 0.226 e. The average Bonchev–Trinajstić information content (AvgIpc) is 2.83. The molecular weight excluding hydrogens is 392 g/mol. The van der Waals surface area contributed by atoms with Crippen molar-refractivity contribution in [1.82, 2.24) is 19.7 Å². The molecular formula is C24H38N4O3. The fraction of sp³-hybridized carbons (Fsp3) is 0.708. The highest BCUT2D eigenvalue weighted by Crippen LogP contribution is 2.26. The van der Waals surface area contributed by atoms with Crippen molar-refractivity contribution in [3.8, 4) is 0 Å². The zero-order valence-corrected chi connectivity index (χ0v) is 19.2. The second kappa shape index (κ2) is 12.2. The highest BCUT2D eigenvalue weighted by Gasteiger charge is 2.32. The van der Waals surface area contributed by atoms with Crippen molar-refractivity contribution in [1.29, 1.82) is 0 Å². The quantitative estimate of drug-likeness (QED) is 0.564. The van der Waals surface area contributed by atoms with Gasteiger partial charge in [0.2, 0.25) is 11.8 Å². The number of amides is 2. The summed E-state index contributed by atoms with van der Waals surface area (Å²) in [5, 5.41) is 0. The maximum absolute atomic E-state index is 13.1. The number of nitrogens with zero attached hydrogens (tertiary/aromatic N) is 4. The molecule has 0 spiro atoms. The molecule has 0 aliphatic carbocycles. The summed E-state index contributed by atoms with van der Waals surface area (Å²) < 4.78 is 5.31. The van der Waals surface area contributed by atoms with Crippen LogP contribution in [-0.2, 0) is 20.9 Å². The Kier molecular flexibility index (Phi) is 9.28. The van der Waals surface area contributed by atoms with Crippen molar-refractivity contribution in [2.45, 2.75) is 58.5 Å². The predicted octanol–water partition coefficient (Wildman–Crippen LogP) is 2.56. The van der Waals surface area contributed by atoms with E-state index in [9.17, 15) is 9.59 Å². The van der Waals surface area contributed by atoms with Gasteiger partial charge in [-0.3, -0.25) is 14.6 Å². The third kappa shape index (κ3) is 6.74. The molecule has 0 unspecified atom stereocenters. The number of piperidine rings is 2. The van der Waals surface area contributed by atoms with E-state index in [1.165, 1.54) is 0 Å². The van der Waals surface area contributed by atoms with Crippen molar-refractivity contribution in [3.63, 3.8) is 0 Å². The van der Waals surface area contributed by atoms with Gasteiger partial charge in [-0.1, -0.05) is 0 Å². The van der Waals surface area contributed by atoms with E-state index in [-0.39, 0.29) is 17.7 Å². The summed E-state index contributed by atoms with van der Waals surface area (Å²) in [6, 6.07) is 4.49. The highest BCUT2D eigenvalue weighted by atomic mass is 16.5.